The topological polar surface area (TPSA) is 191 Å². The number of hydrogen-bond acceptors (Lipinski definition) is 13. The Kier molecular flexibility index (Phi) is 18.1. The maximum absolute atomic E-state index is 11.3. The largest absolute Gasteiger partial charge is 0.463 e. The lowest BCUT2D eigenvalue weighted by Gasteiger charge is -2.46. The molecule has 0 aromatic rings. The molecular weight excluding hydrogens is 568 g/mol. The molecule has 0 radical (unpaired) electrons. The second-order valence-electron chi connectivity index (χ2n) is 11.5. The van der Waals surface area contributed by atoms with E-state index in [2.05, 4.69) is 6.92 Å². The van der Waals surface area contributed by atoms with Gasteiger partial charge in [-0.15, -0.1) is 0 Å². The molecule has 2 rings (SSSR count). The van der Waals surface area contributed by atoms with E-state index in [1.165, 1.54) is 58.3 Å². The molecule has 10 unspecified atom stereocenters. The molecule has 0 amide bonds. The number of esters is 2. The van der Waals surface area contributed by atoms with Crippen molar-refractivity contribution in [3.8, 4) is 0 Å². The normalized spacial score (nSPS) is 32.8. The Morgan fingerprint density at radius 3 is 1.51 bits per heavy atom. The molecule has 13 heteroatoms. The van der Waals surface area contributed by atoms with Gasteiger partial charge in [0.25, 0.3) is 0 Å². The Labute approximate surface area is 254 Å². The second-order valence-corrected chi connectivity index (χ2v) is 11.5. The summed E-state index contributed by atoms with van der Waals surface area (Å²) in [6.45, 7) is 4.07. The molecule has 5 N–H and O–H groups in total. The minimum absolute atomic E-state index is 0.246. The van der Waals surface area contributed by atoms with Crippen LogP contribution >= 0.6 is 0 Å². The van der Waals surface area contributed by atoms with Crippen molar-refractivity contribution in [2.45, 2.75) is 159 Å². The molecule has 10 atom stereocenters. The van der Waals surface area contributed by atoms with Crippen molar-refractivity contribution in [3.05, 3.63) is 0 Å². The molecule has 43 heavy (non-hydrogen) atoms. The molecule has 2 aliphatic heterocycles. The number of ether oxygens (including phenoxy) is 6. The summed E-state index contributed by atoms with van der Waals surface area (Å²) in [5.74, 6) is -1.24. The molecule has 2 saturated heterocycles. The first kappa shape index (κ1) is 37.8. The van der Waals surface area contributed by atoms with Crippen LogP contribution < -0.4 is 0 Å². The van der Waals surface area contributed by atoms with Crippen molar-refractivity contribution in [1.29, 1.82) is 0 Å². The maximum Gasteiger partial charge on any atom is 0.302 e. The molecule has 0 aliphatic carbocycles. The van der Waals surface area contributed by atoms with E-state index in [-0.39, 0.29) is 13.2 Å². The van der Waals surface area contributed by atoms with Gasteiger partial charge in [0, 0.05) is 20.5 Å². The molecular formula is C30H54O13. The van der Waals surface area contributed by atoms with Gasteiger partial charge < -0.3 is 54.0 Å². The van der Waals surface area contributed by atoms with Crippen LogP contribution in [0, 0.1) is 0 Å². The quantitative estimate of drug-likeness (QED) is 0.0970. The van der Waals surface area contributed by atoms with E-state index >= 15 is 0 Å². The number of carbonyl (C=O) groups excluding carboxylic acids is 2. The third kappa shape index (κ3) is 13.2. The minimum Gasteiger partial charge on any atom is -0.463 e. The summed E-state index contributed by atoms with van der Waals surface area (Å²) in [6, 6.07) is 0. The van der Waals surface area contributed by atoms with Crippen molar-refractivity contribution in [2.75, 3.05) is 19.8 Å². The van der Waals surface area contributed by atoms with Crippen molar-refractivity contribution in [3.63, 3.8) is 0 Å². The molecule has 0 aromatic heterocycles. The van der Waals surface area contributed by atoms with Gasteiger partial charge in [-0.25, -0.2) is 0 Å². The molecule has 252 valence electrons. The highest BCUT2D eigenvalue weighted by atomic mass is 16.8. The lowest BCUT2D eigenvalue weighted by Crippen LogP contribution is -2.64. The van der Waals surface area contributed by atoms with E-state index in [1.807, 2.05) is 0 Å². The SMILES string of the molecule is CCCCCCCCCCCCCCOC1OC(COC(C)=O)C(O)C(O)C1OC1OC(COC(C)=O)C(O)C(O)C1O. The van der Waals surface area contributed by atoms with Gasteiger partial charge in [-0.05, 0) is 6.42 Å². The average molecular weight is 623 g/mol. The fraction of sp³-hybridized carbons (Fsp3) is 0.933. The molecule has 0 bridgehead atoms. The van der Waals surface area contributed by atoms with Crippen LogP contribution in [0.25, 0.3) is 0 Å². The van der Waals surface area contributed by atoms with Crippen molar-refractivity contribution in [1.82, 2.24) is 0 Å². The lowest BCUT2D eigenvalue weighted by atomic mass is 9.97. The van der Waals surface area contributed by atoms with Gasteiger partial charge in [-0.2, -0.15) is 0 Å². The van der Waals surface area contributed by atoms with Gasteiger partial charge in [-0.1, -0.05) is 77.6 Å². The third-order valence-corrected chi connectivity index (χ3v) is 7.79. The fourth-order valence-electron chi connectivity index (χ4n) is 5.19. The van der Waals surface area contributed by atoms with Crippen LogP contribution in [0.4, 0.5) is 0 Å². The number of rotatable bonds is 20. The average Bonchev–Trinajstić information content (AvgIpc) is 2.97. The van der Waals surface area contributed by atoms with Gasteiger partial charge >= 0.3 is 11.9 Å². The Hall–Kier alpha value is -1.42. The zero-order chi connectivity index (χ0) is 31.8. The first-order valence-corrected chi connectivity index (χ1v) is 15.8. The zero-order valence-corrected chi connectivity index (χ0v) is 25.9. The molecule has 0 aromatic carbocycles. The molecule has 0 spiro atoms. The van der Waals surface area contributed by atoms with E-state index in [4.69, 9.17) is 28.4 Å². The Bertz CT molecular complexity index is 783. The summed E-state index contributed by atoms with van der Waals surface area (Å²) < 4.78 is 32.9. The highest BCUT2D eigenvalue weighted by molar-refractivity contribution is 5.66. The van der Waals surface area contributed by atoms with Crippen molar-refractivity contribution >= 4 is 11.9 Å². The number of unbranched alkanes of at least 4 members (excludes halogenated alkanes) is 11. The number of hydrogen-bond donors (Lipinski definition) is 5. The molecule has 13 nitrogen and oxygen atoms in total. The zero-order valence-electron chi connectivity index (χ0n) is 25.9. The first-order valence-electron chi connectivity index (χ1n) is 15.8. The number of aliphatic hydroxyl groups is 5. The number of carbonyl (C=O) groups is 2. The van der Waals surface area contributed by atoms with Crippen LogP contribution in [0.5, 0.6) is 0 Å². The lowest BCUT2D eigenvalue weighted by molar-refractivity contribution is -0.367. The second kappa shape index (κ2) is 20.6. The first-order chi connectivity index (χ1) is 20.6. The standard InChI is InChI=1S/C30H54O13/c1-4-5-6-7-8-9-10-11-12-13-14-15-16-38-30-28(26(36)24(34)22(42-30)18-40-20(3)32)43-29-27(37)25(35)23(33)21(41-29)17-39-19(2)31/h21-30,33-37H,4-18H2,1-3H3. The Morgan fingerprint density at radius 1 is 0.581 bits per heavy atom. The number of aliphatic hydroxyl groups excluding tert-OH is 5. The summed E-state index contributed by atoms with van der Waals surface area (Å²) in [5, 5.41) is 52.7. The van der Waals surface area contributed by atoms with Crippen LogP contribution in [0.1, 0.15) is 97.8 Å². The fourth-order valence-corrected chi connectivity index (χ4v) is 5.19. The highest BCUT2D eigenvalue weighted by Crippen LogP contribution is 2.30. The molecule has 2 heterocycles. The van der Waals surface area contributed by atoms with Crippen LogP contribution in [0.3, 0.4) is 0 Å². The summed E-state index contributed by atoms with van der Waals surface area (Å²) in [6.07, 6.45) is -0.797. The Balaban J connectivity index is 1.91. The third-order valence-electron chi connectivity index (χ3n) is 7.79. The van der Waals surface area contributed by atoms with E-state index in [0.29, 0.717) is 6.42 Å². The van der Waals surface area contributed by atoms with Crippen LogP contribution in [-0.4, -0.2) is 119 Å². The van der Waals surface area contributed by atoms with Crippen LogP contribution in [0.15, 0.2) is 0 Å². The van der Waals surface area contributed by atoms with Gasteiger partial charge in [0.05, 0.1) is 0 Å². The molecule has 0 saturated carbocycles. The van der Waals surface area contributed by atoms with Gasteiger partial charge in [-0.3, -0.25) is 9.59 Å². The van der Waals surface area contributed by atoms with Gasteiger partial charge in [0.15, 0.2) is 12.6 Å². The minimum atomic E-state index is -1.75. The van der Waals surface area contributed by atoms with Crippen molar-refractivity contribution in [2.24, 2.45) is 0 Å². The van der Waals surface area contributed by atoms with E-state index in [0.717, 1.165) is 26.2 Å². The predicted molar refractivity (Wildman–Crippen MR) is 153 cm³/mol. The smallest absolute Gasteiger partial charge is 0.302 e. The summed E-state index contributed by atoms with van der Waals surface area (Å²) >= 11 is 0. The van der Waals surface area contributed by atoms with Crippen molar-refractivity contribution < 1.29 is 63.5 Å². The van der Waals surface area contributed by atoms with E-state index < -0.39 is 80.0 Å². The predicted octanol–water partition coefficient (Wildman–Crippen LogP) is 1.47. The maximum atomic E-state index is 11.3. The van der Waals surface area contributed by atoms with Crippen LogP contribution in [-0.2, 0) is 38.0 Å². The monoisotopic (exact) mass is 622 g/mol. The summed E-state index contributed by atoms with van der Waals surface area (Å²) in [4.78, 5) is 22.5. The summed E-state index contributed by atoms with van der Waals surface area (Å²) in [5.41, 5.74) is 0. The Morgan fingerprint density at radius 2 is 1.02 bits per heavy atom. The summed E-state index contributed by atoms with van der Waals surface area (Å²) in [7, 11) is 0. The highest BCUT2D eigenvalue weighted by Gasteiger charge is 2.51. The van der Waals surface area contributed by atoms with Gasteiger partial charge in [0.1, 0.15) is 62.0 Å². The molecule has 2 fully saturated rings. The molecule has 2 aliphatic rings. The van der Waals surface area contributed by atoms with Gasteiger partial charge in [0.2, 0.25) is 0 Å². The van der Waals surface area contributed by atoms with E-state index in [9.17, 15) is 35.1 Å². The van der Waals surface area contributed by atoms with Crippen LogP contribution in [0.2, 0.25) is 0 Å². The van der Waals surface area contributed by atoms with E-state index in [1.54, 1.807) is 0 Å².